The topological polar surface area (TPSA) is 81.7 Å². The number of sulfonamides is 1. The first-order chi connectivity index (χ1) is 10.8. The van der Waals surface area contributed by atoms with Crippen LogP contribution in [-0.4, -0.2) is 40.2 Å². The van der Waals surface area contributed by atoms with Gasteiger partial charge in [-0.05, 0) is 37.1 Å². The van der Waals surface area contributed by atoms with E-state index < -0.39 is 22.0 Å². The van der Waals surface area contributed by atoms with E-state index in [1.807, 2.05) is 6.92 Å². The third-order valence-corrected chi connectivity index (χ3v) is 4.99. The maximum atomic E-state index is 12.4. The molecule has 1 atom stereocenters. The summed E-state index contributed by atoms with van der Waals surface area (Å²) in [4.78, 5) is 12.2. The minimum Gasteiger partial charge on any atom is -0.462 e. The van der Waals surface area contributed by atoms with Gasteiger partial charge in [0.15, 0.2) is 0 Å². The highest BCUT2D eigenvalue weighted by Crippen LogP contribution is 2.16. The second-order valence-corrected chi connectivity index (χ2v) is 7.79. The third kappa shape index (κ3) is 6.58. The van der Waals surface area contributed by atoms with Gasteiger partial charge in [0.2, 0.25) is 10.0 Å². The smallest absolute Gasteiger partial charge is 0.324 e. The van der Waals surface area contributed by atoms with E-state index in [0.29, 0.717) is 6.61 Å². The van der Waals surface area contributed by atoms with Gasteiger partial charge >= 0.3 is 5.97 Å². The van der Waals surface area contributed by atoms with Gasteiger partial charge in [0.25, 0.3) is 0 Å². The Kier molecular flexibility index (Phi) is 8.18. The summed E-state index contributed by atoms with van der Waals surface area (Å²) in [7, 11) is -3.80. The molecule has 0 saturated carbocycles. The van der Waals surface area contributed by atoms with Crippen molar-refractivity contribution in [2.45, 2.75) is 31.7 Å². The van der Waals surface area contributed by atoms with Crippen molar-refractivity contribution in [2.24, 2.45) is 5.92 Å². The Labute approximate surface area is 145 Å². The fourth-order valence-electron chi connectivity index (χ4n) is 1.74. The SMILES string of the molecule is CCOCCOC(=O)[C@@H](NS(=O)(=O)c1ccc(Br)cc1)C(C)C. The van der Waals surface area contributed by atoms with Crippen LogP contribution in [0.3, 0.4) is 0 Å². The van der Waals surface area contributed by atoms with E-state index in [9.17, 15) is 13.2 Å². The molecule has 0 amide bonds. The summed E-state index contributed by atoms with van der Waals surface area (Å²) in [6, 6.07) is 5.22. The molecule has 0 aliphatic carbocycles. The molecule has 0 aliphatic rings. The quantitative estimate of drug-likeness (QED) is 0.501. The molecule has 1 rings (SSSR count). The van der Waals surface area contributed by atoms with Crippen LogP contribution in [0.4, 0.5) is 0 Å². The van der Waals surface area contributed by atoms with Crippen LogP contribution in [0.25, 0.3) is 0 Å². The zero-order valence-electron chi connectivity index (χ0n) is 13.4. The van der Waals surface area contributed by atoms with Crippen LogP contribution in [0.2, 0.25) is 0 Å². The van der Waals surface area contributed by atoms with Crippen molar-refractivity contribution in [1.82, 2.24) is 4.72 Å². The van der Waals surface area contributed by atoms with Crippen LogP contribution in [0.1, 0.15) is 20.8 Å². The average molecular weight is 408 g/mol. The lowest BCUT2D eigenvalue weighted by atomic mass is 10.1. The van der Waals surface area contributed by atoms with E-state index in [1.165, 1.54) is 12.1 Å². The monoisotopic (exact) mass is 407 g/mol. The summed E-state index contributed by atoms with van der Waals surface area (Å²) in [5.74, 6) is -0.861. The Morgan fingerprint density at radius 3 is 2.35 bits per heavy atom. The Morgan fingerprint density at radius 2 is 1.83 bits per heavy atom. The maximum absolute atomic E-state index is 12.4. The Bertz CT molecular complexity index is 601. The lowest BCUT2D eigenvalue weighted by Crippen LogP contribution is -2.45. The van der Waals surface area contributed by atoms with Gasteiger partial charge in [-0.25, -0.2) is 8.42 Å². The molecule has 1 N–H and O–H groups in total. The van der Waals surface area contributed by atoms with Crippen LogP contribution in [0.5, 0.6) is 0 Å². The first-order valence-electron chi connectivity index (χ1n) is 7.30. The zero-order valence-corrected chi connectivity index (χ0v) is 15.8. The molecule has 1 aromatic carbocycles. The second kappa shape index (κ2) is 9.36. The van der Waals surface area contributed by atoms with Crippen LogP contribution in [0.15, 0.2) is 33.6 Å². The molecule has 6 nitrogen and oxygen atoms in total. The maximum Gasteiger partial charge on any atom is 0.324 e. The highest BCUT2D eigenvalue weighted by atomic mass is 79.9. The number of ether oxygens (including phenoxy) is 2. The van der Waals surface area contributed by atoms with Crippen molar-refractivity contribution in [2.75, 3.05) is 19.8 Å². The van der Waals surface area contributed by atoms with Crippen LogP contribution in [0, 0.1) is 5.92 Å². The molecule has 0 saturated heterocycles. The van der Waals surface area contributed by atoms with Crippen molar-refractivity contribution >= 4 is 31.9 Å². The van der Waals surface area contributed by atoms with Gasteiger partial charge in [-0.3, -0.25) is 4.79 Å². The Morgan fingerprint density at radius 1 is 1.22 bits per heavy atom. The number of hydrogen-bond acceptors (Lipinski definition) is 5. The van der Waals surface area contributed by atoms with Crippen LogP contribution in [-0.2, 0) is 24.3 Å². The van der Waals surface area contributed by atoms with Crippen LogP contribution < -0.4 is 4.72 Å². The lowest BCUT2D eigenvalue weighted by molar-refractivity contribution is -0.148. The summed E-state index contributed by atoms with van der Waals surface area (Å²) in [6.07, 6.45) is 0. The highest BCUT2D eigenvalue weighted by molar-refractivity contribution is 9.10. The van der Waals surface area contributed by atoms with E-state index in [0.717, 1.165) is 4.47 Å². The molecule has 0 fully saturated rings. The number of benzene rings is 1. The van der Waals surface area contributed by atoms with Gasteiger partial charge in [-0.15, -0.1) is 0 Å². The van der Waals surface area contributed by atoms with Crippen LogP contribution >= 0.6 is 15.9 Å². The summed E-state index contributed by atoms with van der Waals surface area (Å²) < 4.78 is 38.1. The predicted octanol–water partition coefficient (Wildman–Crippen LogP) is 2.33. The summed E-state index contributed by atoms with van der Waals surface area (Å²) >= 11 is 3.25. The van der Waals surface area contributed by atoms with E-state index >= 15 is 0 Å². The summed E-state index contributed by atoms with van der Waals surface area (Å²) in [6.45, 7) is 6.24. The molecule has 8 heteroatoms. The standard InChI is InChI=1S/C15H22BrNO5S/c1-4-21-9-10-22-15(18)14(11(2)3)17-23(19,20)13-7-5-12(16)6-8-13/h5-8,11,14,17H,4,9-10H2,1-3H3/t14-/m0/s1. The van der Waals surface area contributed by atoms with Crippen molar-refractivity contribution in [3.8, 4) is 0 Å². The molecule has 23 heavy (non-hydrogen) atoms. The molecule has 0 unspecified atom stereocenters. The van der Waals surface area contributed by atoms with Crippen molar-refractivity contribution in [3.63, 3.8) is 0 Å². The lowest BCUT2D eigenvalue weighted by Gasteiger charge is -2.20. The number of nitrogens with one attached hydrogen (secondary N) is 1. The molecule has 0 heterocycles. The Balaban J connectivity index is 2.78. The third-order valence-electron chi connectivity index (χ3n) is 3.00. The number of halogens is 1. The van der Waals surface area contributed by atoms with E-state index in [4.69, 9.17) is 9.47 Å². The summed E-state index contributed by atoms with van der Waals surface area (Å²) in [5.41, 5.74) is 0. The summed E-state index contributed by atoms with van der Waals surface area (Å²) in [5, 5.41) is 0. The van der Waals surface area contributed by atoms with Gasteiger partial charge in [-0.2, -0.15) is 4.72 Å². The molecule has 0 spiro atoms. The first-order valence-corrected chi connectivity index (χ1v) is 9.57. The fourth-order valence-corrected chi connectivity index (χ4v) is 3.34. The number of carbonyl (C=O) groups is 1. The van der Waals surface area contributed by atoms with E-state index in [2.05, 4.69) is 20.7 Å². The van der Waals surface area contributed by atoms with Gasteiger partial charge in [0, 0.05) is 11.1 Å². The minimum absolute atomic E-state index is 0.0912. The highest BCUT2D eigenvalue weighted by Gasteiger charge is 2.29. The zero-order chi connectivity index (χ0) is 17.5. The molecular formula is C15H22BrNO5S. The van der Waals surface area contributed by atoms with Gasteiger partial charge in [0.1, 0.15) is 12.6 Å². The molecule has 0 aliphatic heterocycles. The molecular weight excluding hydrogens is 386 g/mol. The molecule has 0 radical (unpaired) electrons. The number of hydrogen-bond donors (Lipinski definition) is 1. The Hall–Kier alpha value is -0.960. The molecule has 0 bridgehead atoms. The first kappa shape index (κ1) is 20.1. The number of esters is 1. The molecule has 0 aromatic heterocycles. The minimum atomic E-state index is -3.80. The molecule has 1 aromatic rings. The normalized spacial score (nSPS) is 13.1. The van der Waals surface area contributed by atoms with Gasteiger partial charge < -0.3 is 9.47 Å². The van der Waals surface area contributed by atoms with Gasteiger partial charge in [-0.1, -0.05) is 29.8 Å². The van der Waals surface area contributed by atoms with E-state index in [-0.39, 0.29) is 24.0 Å². The van der Waals surface area contributed by atoms with Crippen molar-refractivity contribution in [3.05, 3.63) is 28.7 Å². The van der Waals surface area contributed by atoms with Crippen molar-refractivity contribution in [1.29, 1.82) is 0 Å². The van der Waals surface area contributed by atoms with Crippen molar-refractivity contribution < 1.29 is 22.7 Å². The second-order valence-electron chi connectivity index (χ2n) is 5.16. The van der Waals surface area contributed by atoms with E-state index in [1.54, 1.807) is 26.0 Å². The predicted molar refractivity (Wildman–Crippen MR) is 90.5 cm³/mol. The largest absolute Gasteiger partial charge is 0.462 e. The molecule has 130 valence electrons. The number of carbonyl (C=O) groups excluding carboxylic acids is 1. The fraction of sp³-hybridized carbons (Fsp3) is 0.533. The van der Waals surface area contributed by atoms with Gasteiger partial charge in [0.05, 0.1) is 11.5 Å². The average Bonchev–Trinajstić information content (AvgIpc) is 2.49. The number of rotatable bonds is 9.